The molecular formula is C16H8Cl2N2S. The topological polar surface area (TPSA) is 25.8 Å². The SMILES string of the molecule is Clc1nc(-c2ccccc2Cl)c2sc3ccccc3c2n1. The van der Waals surface area contributed by atoms with Crippen molar-refractivity contribution in [1.82, 2.24) is 9.97 Å². The van der Waals surface area contributed by atoms with Gasteiger partial charge in [0.15, 0.2) is 0 Å². The lowest BCUT2D eigenvalue weighted by molar-refractivity contribution is 1.24. The number of hydrogen-bond acceptors (Lipinski definition) is 3. The zero-order chi connectivity index (χ0) is 14.4. The van der Waals surface area contributed by atoms with E-state index in [2.05, 4.69) is 16.0 Å². The first-order valence-corrected chi connectivity index (χ1v) is 7.91. The smallest absolute Gasteiger partial charge is 0.216 e. The summed E-state index contributed by atoms with van der Waals surface area (Å²) in [5.74, 6) is 0. The molecule has 0 N–H and O–H groups in total. The predicted octanol–water partition coefficient (Wildman–Crippen LogP) is 5.82. The van der Waals surface area contributed by atoms with E-state index < -0.39 is 0 Å². The molecular weight excluding hydrogens is 323 g/mol. The Morgan fingerprint density at radius 2 is 1.62 bits per heavy atom. The van der Waals surface area contributed by atoms with Crippen LogP contribution in [-0.4, -0.2) is 9.97 Å². The fraction of sp³-hybridized carbons (Fsp3) is 0. The highest BCUT2D eigenvalue weighted by molar-refractivity contribution is 7.26. The third-order valence-corrected chi connectivity index (χ3v) is 4.99. The van der Waals surface area contributed by atoms with Gasteiger partial charge in [0.25, 0.3) is 0 Å². The minimum Gasteiger partial charge on any atom is -0.216 e. The minimum absolute atomic E-state index is 0.237. The van der Waals surface area contributed by atoms with Crippen molar-refractivity contribution in [3.8, 4) is 11.3 Å². The van der Waals surface area contributed by atoms with Crippen LogP contribution in [0.2, 0.25) is 10.3 Å². The van der Waals surface area contributed by atoms with E-state index in [1.807, 2.05) is 42.5 Å². The van der Waals surface area contributed by atoms with Crippen LogP contribution in [0.5, 0.6) is 0 Å². The molecule has 21 heavy (non-hydrogen) atoms. The van der Waals surface area contributed by atoms with Crippen LogP contribution in [0.15, 0.2) is 48.5 Å². The monoisotopic (exact) mass is 330 g/mol. The summed E-state index contributed by atoms with van der Waals surface area (Å²) in [6.45, 7) is 0. The second-order valence-electron chi connectivity index (χ2n) is 4.60. The number of hydrogen-bond donors (Lipinski definition) is 0. The number of nitrogens with zero attached hydrogens (tertiary/aromatic N) is 2. The Labute approximate surface area is 135 Å². The zero-order valence-electron chi connectivity index (χ0n) is 10.7. The third kappa shape index (κ3) is 2.09. The van der Waals surface area contributed by atoms with Gasteiger partial charge in [-0.15, -0.1) is 11.3 Å². The second kappa shape index (κ2) is 4.95. The maximum atomic E-state index is 6.31. The van der Waals surface area contributed by atoms with Gasteiger partial charge in [-0.3, -0.25) is 0 Å². The van der Waals surface area contributed by atoms with Crippen LogP contribution in [0, 0.1) is 0 Å². The average Bonchev–Trinajstić information content (AvgIpc) is 2.86. The van der Waals surface area contributed by atoms with Gasteiger partial charge in [0.2, 0.25) is 5.28 Å². The first-order chi connectivity index (χ1) is 10.2. The molecule has 0 aliphatic heterocycles. The van der Waals surface area contributed by atoms with Crippen LogP contribution in [0.3, 0.4) is 0 Å². The second-order valence-corrected chi connectivity index (χ2v) is 6.39. The molecule has 2 heterocycles. The Hall–Kier alpha value is -1.68. The molecule has 5 heteroatoms. The van der Waals surface area contributed by atoms with E-state index in [-0.39, 0.29) is 5.28 Å². The van der Waals surface area contributed by atoms with E-state index in [1.165, 1.54) is 0 Å². The van der Waals surface area contributed by atoms with Gasteiger partial charge in [0.05, 0.1) is 20.9 Å². The van der Waals surface area contributed by atoms with Crippen molar-refractivity contribution in [2.45, 2.75) is 0 Å². The maximum absolute atomic E-state index is 6.31. The van der Waals surface area contributed by atoms with Gasteiger partial charge in [0.1, 0.15) is 0 Å². The molecule has 0 spiro atoms. The number of thiophene rings is 1. The number of halogens is 2. The van der Waals surface area contributed by atoms with Gasteiger partial charge < -0.3 is 0 Å². The van der Waals surface area contributed by atoms with E-state index in [4.69, 9.17) is 23.2 Å². The number of fused-ring (bicyclic) bond motifs is 3. The Kier molecular flexibility index (Phi) is 3.07. The predicted molar refractivity (Wildman–Crippen MR) is 90.4 cm³/mol. The van der Waals surface area contributed by atoms with Gasteiger partial charge in [0, 0.05) is 15.6 Å². The van der Waals surface area contributed by atoms with Crippen LogP contribution in [0.4, 0.5) is 0 Å². The van der Waals surface area contributed by atoms with E-state index in [9.17, 15) is 0 Å². The quantitative estimate of drug-likeness (QED) is 0.411. The molecule has 0 fully saturated rings. The first-order valence-electron chi connectivity index (χ1n) is 6.34. The summed E-state index contributed by atoms with van der Waals surface area (Å²) in [5, 5.41) is 1.99. The van der Waals surface area contributed by atoms with Crippen LogP contribution < -0.4 is 0 Å². The van der Waals surface area contributed by atoms with Crippen molar-refractivity contribution in [3.63, 3.8) is 0 Å². The largest absolute Gasteiger partial charge is 0.223 e. The molecule has 2 aromatic carbocycles. The molecule has 0 aliphatic carbocycles. The van der Waals surface area contributed by atoms with Crippen molar-refractivity contribution in [2.75, 3.05) is 0 Å². The summed E-state index contributed by atoms with van der Waals surface area (Å²) >= 11 is 14.1. The summed E-state index contributed by atoms with van der Waals surface area (Å²) in [4.78, 5) is 8.81. The fourth-order valence-corrected chi connectivity index (χ4v) is 3.94. The van der Waals surface area contributed by atoms with E-state index in [0.717, 1.165) is 31.6 Å². The molecule has 0 atom stereocenters. The molecule has 2 nitrogen and oxygen atoms in total. The van der Waals surface area contributed by atoms with Gasteiger partial charge in [-0.25, -0.2) is 9.97 Å². The number of rotatable bonds is 1. The molecule has 0 aliphatic rings. The van der Waals surface area contributed by atoms with Crippen LogP contribution in [-0.2, 0) is 0 Å². The maximum Gasteiger partial charge on any atom is 0.223 e. The molecule has 0 saturated heterocycles. The molecule has 0 radical (unpaired) electrons. The molecule has 0 bridgehead atoms. The van der Waals surface area contributed by atoms with Crippen molar-refractivity contribution in [2.24, 2.45) is 0 Å². The van der Waals surface area contributed by atoms with Gasteiger partial charge in [-0.05, 0) is 23.7 Å². The van der Waals surface area contributed by atoms with Crippen LogP contribution in [0.25, 0.3) is 31.6 Å². The van der Waals surface area contributed by atoms with Gasteiger partial charge in [-0.2, -0.15) is 0 Å². The highest BCUT2D eigenvalue weighted by atomic mass is 35.5. The standard InChI is InChI=1S/C16H8Cl2N2S/c17-11-7-3-1-5-9(11)13-15-14(20-16(18)19-13)10-6-2-4-8-12(10)21-15/h1-8H. The fourth-order valence-electron chi connectivity index (χ4n) is 2.40. The van der Waals surface area contributed by atoms with Gasteiger partial charge in [-0.1, -0.05) is 48.0 Å². The highest BCUT2D eigenvalue weighted by Gasteiger charge is 2.16. The summed E-state index contributed by atoms with van der Waals surface area (Å²) in [6, 6.07) is 15.8. The molecule has 0 unspecified atom stereocenters. The molecule has 0 amide bonds. The Balaban J connectivity index is 2.17. The average molecular weight is 331 g/mol. The molecule has 102 valence electrons. The lowest BCUT2D eigenvalue weighted by Gasteiger charge is -2.05. The van der Waals surface area contributed by atoms with Crippen molar-refractivity contribution < 1.29 is 0 Å². The first kappa shape index (κ1) is 13.0. The molecule has 2 aromatic heterocycles. The Morgan fingerprint density at radius 3 is 2.48 bits per heavy atom. The minimum atomic E-state index is 0.237. The molecule has 4 aromatic rings. The summed E-state index contributed by atoms with van der Waals surface area (Å²) in [6.07, 6.45) is 0. The van der Waals surface area contributed by atoms with Crippen LogP contribution >= 0.6 is 34.5 Å². The zero-order valence-corrected chi connectivity index (χ0v) is 13.0. The molecule has 4 rings (SSSR count). The van der Waals surface area contributed by atoms with Crippen molar-refractivity contribution in [3.05, 3.63) is 58.8 Å². The number of benzene rings is 2. The van der Waals surface area contributed by atoms with Crippen molar-refractivity contribution in [1.29, 1.82) is 0 Å². The normalized spacial score (nSPS) is 11.3. The van der Waals surface area contributed by atoms with Crippen LogP contribution in [0.1, 0.15) is 0 Å². The van der Waals surface area contributed by atoms with Gasteiger partial charge >= 0.3 is 0 Å². The van der Waals surface area contributed by atoms with E-state index in [0.29, 0.717) is 5.02 Å². The Bertz CT molecular complexity index is 979. The van der Waals surface area contributed by atoms with Crippen molar-refractivity contribution >= 4 is 54.8 Å². The number of aromatic nitrogens is 2. The van der Waals surface area contributed by atoms with E-state index >= 15 is 0 Å². The summed E-state index contributed by atoms with van der Waals surface area (Å²) in [5.41, 5.74) is 2.54. The summed E-state index contributed by atoms with van der Waals surface area (Å²) in [7, 11) is 0. The highest BCUT2D eigenvalue weighted by Crippen LogP contribution is 2.40. The lowest BCUT2D eigenvalue weighted by atomic mass is 10.1. The Morgan fingerprint density at radius 1 is 0.857 bits per heavy atom. The molecule has 0 saturated carbocycles. The van der Waals surface area contributed by atoms with E-state index in [1.54, 1.807) is 11.3 Å². The third-order valence-electron chi connectivity index (χ3n) is 3.32. The summed E-state index contributed by atoms with van der Waals surface area (Å²) < 4.78 is 2.17. The lowest BCUT2D eigenvalue weighted by Crippen LogP contribution is -1.89.